The molecule has 0 aromatic carbocycles. The maximum atomic E-state index is 9.71. The van der Waals surface area contributed by atoms with Crippen molar-refractivity contribution in [2.24, 2.45) is 0 Å². The Bertz CT molecular complexity index is 501. The number of pyridine rings is 1. The summed E-state index contributed by atoms with van der Waals surface area (Å²) < 4.78 is 5.43. The third-order valence-electron chi connectivity index (χ3n) is 2.47. The molecule has 0 spiro atoms. The molecule has 1 aromatic heterocycles. The van der Waals surface area contributed by atoms with E-state index >= 15 is 0 Å². The Balaban J connectivity index is 2.25. The Labute approximate surface area is 101 Å². The fourth-order valence-corrected chi connectivity index (χ4v) is 1.68. The number of allylic oxidation sites excluding steroid dienone is 2. The molecule has 1 heterocycles. The number of ether oxygens (including phenoxy) is 1. The van der Waals surface area contributed by atoms with E-state index in [4.69, 9.17) is 4.74 Å². The Morgan fingerprint density at radius 3 is 3.24 bits per heavy atom. The highest BCUT2D eigenvalue weighted by molar-refractivity contribution is 5.79. The lowest BCUT2D eigenvalue weighted by Gasteiger charge is -2.15. The van der Waals surface area contributed by atoms with Gasteiger partial charge in [-0.2, -0.15) is 0 Å². The lowest BCUT2D eigenvalue weighted by molar-refractivity contribution is 0.282. The standard InChI is InChI=1S/C14H15NO2/c1-10(2)8-17-9-11-5-6-13(16)14-12(11)4-3-7-15-14/h3-4,6-7,9,16H,1,5,8H2,2H3. The molecule has 0 unspecified atom stereocenters. The average Bonchev–Trinajstić information content (AvgIpc) is 2.32. The first-order valence-electron chi connectivity index (χ1n) is 5.48. The molecule has 0 saturated heterocycles. The van der Waals surface area contributed by atoms with Gasteiger partial charge in [-0.1, -0.05) is 12.6 Å². The van der Waals surface area contributed by atoms with Crippen molar-refractivity contribution < 1.29 is 9.84 Å². The van der Waals surface area contributed by atoms with Crippen LogP contribution in [0.2, 0.25) is 0 Å². The number of rotatable bonds is 3. The number of fused-ring (bicyclic) bond motifs is 1. The number of nitrogens with zero attached hydrogens (tertiary/aromatic N) is 1. The molecule has 1 aromatic rings. The van der Waals surface area contributed by atoms with Crippen molar-refractivity contribution >= 4 is 11.3 Å². The Morgan fingerprint density at radius 2 is 2.47 bits per heavy atom. The molecule has 17 heavy (non-hydrogen) atoms. The molecular weight excluding hydrogens is 214 g/mol. The smallest absolute Gasteiger partial charge is 0.138 e. The highest BCUT2D eigenvalue weighted by Gasteiger charge is 2.16. The summed E-state index contributed by atoms with van der Waals surface area (Å²) in [4.78, 5) is 4.16. The molecule has 3 nitrogen and oxygen atoms in total. The van der Waals surface area contributed by atoms with Gasteiger partial charge in [-0.25, -0.2) is 0 Å². The topological polar surface area (TPSA) is 42.4 Å². The Morgan fingerprint density at radius 1 is 1.65 bits per heavy atom. The largest absolute Gasteiger partial charge is 0.506 e. The monoisotopic (exact) mass is 229 g/mol. The van der Waals surface area contributed by atoms with Crippen LogP contribution in [0, 0.1) is 0 Å². The van der Waals surface area contributed by atoms with Crippen LogP contribution in [0.3, 0.4) is 0 Å². The second-order valence-corrected chi connectivity index (χ2v) is 4.10. The molecule has 0 amide bonds. The lowest BCUT2D eigenvalue weighted by Crippen LogP contribution is -2.02. The van der Waals surface area contributed by atoms with Gasteiger partial charge < -0.3 is 9.84 Å². The van der Waals surface area contributed by atoms with E-state index in [-0.39, 0.29) is 5.76 Å². The van der Waals surface area contributed by atoms with Crippen molar-refractivity contribution in [2.45, 2.75) is 13.3 Å². The maximum absolute atomic E-state index is 9.71. The maximum Gasteiger partial charge on any atom is 0.138 e. The predicted octanol–water partition coefficient (Wildman–Crippen LogP) is 3.32. The van der Waals surface area contributed by atoms with Crippen LogP contribution < -0.4 is 0 Å². The van der Waals surface area contributed by atoms with Crippen LogP contribution in [0.4, 0.5) is 0 Å². The minimum Gasteiger partial charge on any atom is -0.506 e. The first kappa shape index (κ1) is 11.5. The Kier molecular flexibility index (Phi) is 3.28. The van der Waals surface area contributed by atoms with Crippen molar-refractivity contribution in [3.8, 4) is 0 Å². The van der Waals surface area contributed by atoms with Crippen LogP contribution in [0.25, 0.3) is 11.3 Å². The van der Waals surface area contributed by atoms with Crippen LogP contribution in [0.15, 0.2) is 42.8 Å². The number of aliphatic hydroxyl groups excluding tert-OH is 1. The van der Waals surface area contributed by atoms with E-state index in [2.05, 4.69) is 11.6 Å². The van der Waals surface area contributed by atoms with Crippen LogP contribution in [0.5, 0.6) is 0 Å². The third kappa shape index (κ3) is 2.56. The minimum absolute atomic E-state index is 0.234. The molecule has 0 atom stereocenters. The van der Waals surface area contributed by atoms with Gasteiger partial charge in [-0.05, 0) is 31.1 Å². The van der Waals surface area contributed by atoms with Gasteiger partial charge in [-0.15, -0.1) is 0 Å². The van der Waals surface area contributed by atoms with Gasteiger partial charge in [0.25, 0.3) is 0 Å². The third-order valence-corrected chi connectivity index (χ3v) is 2.47. The van der Waals surface area contributed by atoms with Crippen molar-refractivity contribution in [3.63, 3.8) is 0 Å². The fraction of sp³-hybridized carbons (Fsp3) is 0.214. The fourth-order valence-electron chi connectivity index (χ4n) is 1.68. The Hall–Kier alpha value is -2.03. The van der Waals surface area contributed by atoms with Gasteiger partial charge in [0.2, 0.25) is 0 Å². The summed E-state index contributed by atoms with van der Waals surface area (Å²) >= 11 is 0. The van der Waals surface area contributed by atoms with Gasteiger partial charge in [0.05, 0.1) is 6.26 Å². The first-order chi connectivity index (χ1) is 8.18. The van der Waals surface area contributed by atoms with Crippen LogP contribution in [0.1, 0.15) is 24.6 Å². The van der Waals surface area contributed by atoms with E-state index in [9.17, 15) is 5.11 Å². The van der Waals surface area contributed by atoms with Crippen LogP contribution >= 0.6 is 0 Å². The van der Waals surface area contributed by atoms with Crippen LogP contribution in [-0.2, 0) is 4.74 Å². The van der Waals surface area contributed by atoms with E-state index < -0.39 is 0 Å². The lowest BCUT2D eigenvalue weighted by atomic mass is 9.96. The highest BCUT2D eigenvalue weighted by atomic mass is 16.5. The number of hydrogen-bond acceptors (Lipinski definition) is 3. The summed E-state index contributed by atoms with van der Waals surface area (Å²) in [6.07, 6.45) is 5.78. The molecule has 88 valence electrons. The van der Waals surface area contributed by atoms with E-state index in [1.54, 1.807) is 18.5 Å². The molecule has 0 bridgehead atoms. The van der Waals surface area contributed by atoms with E-state index in [0.29, 0.717) is 18.7 Å². The molecule has 2 rings (SSSR count). The summed E-state index contributed by atoms with van der Waals surface area (Å²) in [5.74, 6) is 0.234. The molecule has 3 heteroatoms. The molecular formula is C14H15NO2. The second-order valence-electron chi connectivity index (χ2n) is 4.10. The van der Waals surface area contributed by atoms with E-state index in [1.165, 1.54) is 0 Å². The summed E-state index contributed by atoms with van der Waals surface area (Å²) in [6, 6.07) is 3.78. The zero-order valence-electron chi connectivity index (χ0n) is 9.81. The molecule has 1 aliphatic rings. The summed E-state index contributed by atoms with van der Waals surface area (Å²) in [6.45, 7) is 6.20. The van der Waals surface area contributed by atoms with Gasteiger partial charge in [0, 0.05) is 17.3 Å². The predicted molar refractivity (Wildman–Crippen MR) is 68.2 cm³/mol. The van der Waals surface area contributed by atoms with Crippen LogP contribution in [-0.4, -0.2) is 16.7 Å². The summed E-state index contributed by atoms with van der Waals surface area (Å²) in [5.41, 5.74) is 3.53. The first-order valence-corrected chi connectivity index (χ1v) is 5.48. The second kappa shape index (κ2) is 4.87. The minimum atomic E-state index is 0.234. The molecule has 0 saturated carbocycles. The molecule has 0 radical (unpaired) electrons. The molecule has 1 aliphatic carbocycles. The normalized spacial score (nSPS) is 16.3. The zero-order chi connectivity index (χ0) is 12.3. The van der Waals surface area contributed by atoms with Gasteiger partial charge in [-0.3, -0.25) is 4.98 Å². The van der Waals surface area contributed by atoms with Gasteiger partial charge >= 0.3 is 0 Å². The van der Waals surface area contributed by atoms with Crippen molar-refractivity contribution in [1.29, 1.82) is 0 Å². The van der Waals surface area contributed by atoms with Crippen molar-refractivity contribution in [1.82, 2.24) is 4.98 Å². The number of aliphatic hydroxyl groups is 1. The zero-order valence-corrected chi connectivity index (χ0v) is 9.81. The van der Waals surface area contributed by atoms with Gasteiger partial charge in [0.1, 0.15) is 18.1 Å². The summed E-state index contributed by atoms with van der Waals surface area (Å²) in [7, 11) is 0. The van der Waals surface area contributed by atoms with E-state index in [0.717, 1.165) is 16.7 Å². The number of hydrogen-bond donors (Lipinski definition) is 1. The SMILES string of the molecule is C=C(C)COC=C1CC=C(O)c2ncccc21. The quantitative estimate of drug-likeness (QED) is 0.638. The van der Waals surface area contributed by atoms with E-state index in [1.807, 2.05) is 19.1 Å². The molecule has 1 N–H and O–H groups in total. The molecule has 0 aliphatic heterocycles. The van der Waals surface area contributed by atoms with Crippen molar-refractivity contribution in [2.75, 3.05) is 6.61 Å². The highest BCUT2D eigenvalue weighted by Crippen LogP contribution is 2.30. The molecule has 0 fully saturated rings. The average molecular weight is 229 g/mol. The number of aromatic nitrogens is 1. The van der Waals surface area contributed by atoms with Crippen molar-refractivity contribution in [3.05, 3.63) is 54.1 Å². The summed E-state index contributed by atoms with van der Waals surface area (Å²) in [5, 5.41) is 9.71. The van der Waals surface area contributed by atoms with Gasteiger partial charge in [0.15, 0.2) is 0 Å².